The van der Waals surface area contributed by atoms with Crippen LogP contribution in [0.3, 0.4) is 0 Å². The van der Waals surface area contributed by atoms with E-state index in [0.717, 1.165) is 56.5 Å². The Morgan fingerprint density at radius 3 is 2.57 bits per heavy atom. The summed E-state index contributed by atoms with van der Waals surface area (Å²) in [6.45, 7) is 12.8. The zero-order chi connectivity index (χ0) is 21.1. The van der Waals surface area contributed by atoms with Gasteiger partial charge in [-0.3, -0.25) is 4.99 Å². The minimum absolute atomic E-state index is 0. The summed E-state index contributed by atoms with van der Waals surface area (Å²) in [5.74, 6) is 2.27. The predicted molar refractivity (Wildman–Crippen MR) is 135 cm³/mol. The maximum Gasteiger partial charge on any atom is 0.191 e. The number of nitrogens with one attached hydrogen (secondary N) is 2. The second kappa shape index (κ2) is 14.8. The quantitative estimate of drug-likeness (QED) is 0.208. The number of benzene rings is 1. The third-order valence-electron chi connectivity index (χ3n) is 5.22. The molecule has 2 N–H and O–H groups in total. The molecule has 0 bridgehead atoms. The van der Waals surface area contributed by atoms with E-state index in [-0.39, 0.29) is 24.0 Å². The van der Waals surface area contributed by atoms with Crippen LogP contribution in [0.2, 0.25) is 0 Å². The third kappa shape index (κ3) is 9.80. The van der Waals surface area contributed by atoms with Gasteiger partial charge in [0.15, 0.2) is 5.96 Å². The van der Waals surface area contributed by atoms with Crippen LogP contribution in [0.25, 0.3) is 0 Å². The van der Waals surface area contributed by atoms with Crippen LogP contribution in [0.15, 0.2) is 23.2 Å². The van der Waals surface area contributed by atoms with Gasteiger partial charge in [0.2, 0.25) is 0 Å². The van der Waals surface area contributed by atoms with Crippen LogP contribution >= 0.6 is 24.0 Å². The van der Waals surface area contributed by atoms with Gasteiger partial charge in [0.05, 0.1) is 6.61 Å². The van der Waals surface area contributed by atoms with Crippen LogP contribution in [-0.4, -0.2) is 89.4 Å². The molecule has 1 aliphatic heterocycles. The Bertz CT molecular complexity index is 636. The molecule has 0 aliphatic carbocycles. The predicted octanol–water partition coefficient (Wildman–Crippen LogP) is 2.19. The summed E-state index contributed by atoms with van der Waals surface area (Å²) in [7, 11) is 5.69. The van der Waals surface area contributed by atoms with Crippen LogP contribution < -0.4 is 15.4 Å². The van der Waals surface area contributed by atoms with E-state index in [2.05, 4.69) is 64.5 Å². The van der Waals surface area contributed by atoms with E-state index in [0.29, 0.717) is 25.7 Å². The van der Waals surface area contributed by atoms with Gasteiger partial charge in [-0.05, 0) is 31.5 Å². The van der Waals surface area contributed by atoms with Gasteiger partial charge in [-0.15, -0.1) is 24.0 Å². The molecule has 1 saturated heterocycles. The monoisotopic (exact) mass is 533 g/mol. The Labute approximate surface area is 199 Å². The molecule has 2 rings (SSSR count). The highest BCUT2D eigenvalue weighted by Crippen LogP contribution is 2.20. The molecule has 1 aromatic rings. The minimum atomic E-state index is 0. The van der Waals surface area contributed by atoms with Crippen LogP contribution in [-0.2, 0) is 11.3 Å². The second-order valence-electron chi connectivity index (χ2n) is 7.97. The van der Waals surface area contributed by atoms with Crippen molar-refractivity contribution in [2.75, 3.05) is 73.7 Å². The highest BCUT2D eigenvalue weighted by Gasteiger charge is 2.16. The lowest BCUT2D eigenvalue weighted by molar-refractivity contribution is 0.139. The SMILES string of the molecule is CN=C(NCc1ccc(C)cc1OCCOC)NCC(C)CN1CCN(C)CC1.I. The number of hydrogen-bond acceptors (Lipinski definition) is 5. The zero-order valence-electron chi connectivity index (χ0n) is 19.2. The highest BCUT2D eigenvalue weighted by atomic mass is 127. The van der Waals surface area contributed by atoms with Crippen molar-refractivity contribution in [3.63, 3.8) is 0 Å². The molecule has 1 aromatic carbocycles. The van der Waals surface area contributed by atoms with Crippen molar-refractivity contribution in [3.05, 3.63) is 29.3 Å². The Kier molecular flexibility index (Phi) is 13.3. The van der Waals surface area contributed by atoms with Gasteiger partial charge in [0, 0.05) is 65.5 Å². The molecule has 1 atom stereocenters. The van der Waals surface area contributed by atoms with Gasteiger partial charge in [0.1, 0.15) is 12.4 Å². The number of ether oxygens (including phenoxy) is 2. The largest absolute Gasteiger partial charge is 0.491 e. The maximum absolute atomic E-state index is 5.88. The maximum atomic E-state index is 5.88. The molecular formula is C22H40IN5O2. The lowest BCUT2D eigenvalue weighted by atomic mass is 10.1. The van der Waals surface area contributed by atoms with Crippen molar-refractivity contribution in [2.24, 2.45) is 10.9 Å². The van der Waals surface area contributed by atoms with Gasteiger partial charge in [0.25, 0.3) is 0 Å². The number of piperazine rings is 1. The summed E-state index contributed by atoms with van der Waals surface area (Å²) < 4.78 is 11.0. The number of aliphatic imine (C=N–C) groups is 1. The lowest BCUT2D eigenvalue weighted by Crippen LogP contribution is -2.47. The van der Waals surface area contributed by atoms with Crippen molar-refractivity contribution < 1.29 is 9.47 Å². The summed E-state index contributed by atoms with van der Waals surface area (Å²) in [5.41, 5.74) is 2.29. The summed E-state index contributed by atoms with van der Waals surface area (Å²) in [5, 5.41) is 6.87. The fourth-order valence-corrected chi connectivity index (χ4v) is 3.38. The Balaban J connectivity index is 0.00000450. The number of nitrogens with zero attached hydrogens (tertiary/aromatic N) is 3. The van der Waals surface area contributed by atoms with Gasteiger partial charge >= 0.3 is 0 Å². The normalized spacial score (nSPS) is 16.6. The molecule has 8 heteroatoms. The molecule has 30 heavy (non-hydrogen) atoms. The zero-order valence-corrected chi connectivity index (χ0v) is 21.6. The van der Waals surface area contributed by atoms with Gasteiger partial charge in [-0.1, -0.05) is 19.1 Å². The number of halogens is 1. The molecule has 1 fully saturated rings. The molecule has 1 unspecified atom stereocenters. The molecule has 1 aliphatic rings. The van der Waals surface area contributed by atoms with Crippen molar-refractivity contribution >= 4 is 29.9 Å². The number of guanidine groups is 1. The minimum Gasteiger partial charge on any atom is -0.491 e. The molecule has 0 radical (unpaired) electrons. The van der Waals surface area contributed by atoms with Gasteiger partial charge in [-0.25, -0.2) is 0 Å². The van der Waals surface area contributed by atoms with Crippen molar-refractivity contribution in [3.8, 4) is 5.75 Å². The summed E-state index contributed by atoms with van der Waals surface area (Å²) in [6.07, 6.45) is 0. The number of aryl methyl sites for hydroxylation is 1. The fraction of sp³-hybridized carbons (Fsp3) is 0.682. The number of rotatable bonds is 10. The van der Waals surface area contributed by atoms with E-state index < -0.39 is 0 Å². The summed E-state index contributed by atoms with van der Waals surface area (Å²) >= 11 is 0. The van der Waals surface area contributed by atoms with Gasteiger partial charge < -0.3 is 29.9 Å². The Hall–Kier alpha value is -1.10. The molecule has 7 nitrogen and oxygen atoms in total. The van der Waals surface area contributed by atoms with E-state index >= 15 is 0 Å². The average Bonchev–Trinajstić information content (AvgIpc) is 2.71. The van der Waals surface area contributed by atoms with Crippen LogP contribution in [0, 0.1) is 12.8 Å². The highest BCUT2D eigenvalue weighted by molar-refractivity contribution is 14.0. The summed E-state index contributed by atoms with van der Waals surface area (Å²) in [6, 6.07) is 6.28. The first-order valence-electron chi connectivity index (χ1n) is 10.6. The van der Waals surface area contributed by atoms with E-state index in [1.807, 2.05) is 7.05 Å². The molecule has 1 heterocycles. The van der Waals surface area contributed by atoms with Crippen molar-refractivity contribution in [1.82, 2.24) is 20.4 Å². The number of hydrogen-bond donors (Lipinski definition) is 2. The summed E-state index contributed by atoms with van der Waals surface area (Å²) in [4.78, 5) is 9.31. The number of methoxy groups -OCH3 is 1. The van der Waals surface area contributed by atoms with E-state index in [9.17, 15) is 0 Å². The average molecular weight is 533 g/mol. The topological polar surface area (TPSA) is 61.4 Å². The molecule has 0 aromatic heterocycles. The van der Waals surface area contributed by atoms with Crippen LogP contribution in [0.1, 0.15) is 18.1 Å². The van der Waals surface area contributed by atoms with Crippen molar-refractivity contribution in [1.29, 1.82) is 0 Å². The van der Waals surface area contributed by atoms with Crippen LogP contribution in [0.5, 0.6) is 5.75 Å². The first kappa shape index (κ1) is 26.9. The Morgan fingerprint density at radius 1 is 1.17 bits per heavy atom. The first-order valence-corrected chi connectivity index (χ1v) is 10.6. The van der Waals surface area contributed by atoms with Crippen LogP contribution in [0.4, 0.5) is 0 Å². The lowest BCUT2D eigenvalue weighted by Gasteiger charge is -2.34. The first-order chi connectivity index (χ1) is 14.0. The molecule has 172 valence electrons. The molecule has 0 spiro atoms. The van der Waals surface area contributed by atoms with E-state index in [4.69, 9.17) is 9.47 Å². The fourth-order valence-electron chi connectivity index (χ4n) is 3.38. The smallest absolute Gasteiger partial charge is 0.191 e. The van der Waals surface area contributed by atoms with E-state index in [1.54, 1.807) is 7.11 Å². The van der Waals surface area contributed by atoms with E-state index in [1.165, 1.54) is 5.56 Å². The second-order valence-corrected chi connectivity index (χ2v) is 7.97. The molecule has 0 amide bonds. The Morgan fingerprint density at radius 2 is 1.90 bits per heavy atom. The molecule has 0 saturated carbocycles. The van der Waals surface area contributed by atoms with Crippen molar-refractivity contribution in [2.45, 2.75) is 20.4 Å². The molecular weight excluding hydrogens is 493 g/mol. The third-order valence-corrected chi connectivity index (χ3v) is 5.22. The van der Waals surface area contributed by atoms with Gasteiger partial charge in [-0.2, -0.15) is 0 Å². The number of likely N-dealkylation sites (N-methyl/N-ethyl adjacent to an activating group) is 1. The standard InChI is InChI=1S/C22H39N5O2.HI/c1-18-6-7-20(21(14-18)29-13-12-28-5)16-25-22(23-3)24-15-19(2)17-27-10-8-26(4)9-11-27;/h6-7,14,19H,8-13,15-17H2,1-5H3,(H2,23,24,25);1H.